The van der Waals surface area contributed by atoms with E-state index in [0.29, 0.717) is 16.4 Å². The third-order valence-corrected chi connectivity index (χ3v) is 3.14. The number of carbonyl (C=O) groups excluding carboxylic acids is 1. The minimum Gasteiger partial charge on any atom is -0.465 e. The second-order valence-corrected chi connectivity index (χ2v) is 4.34. The molecule has 0 saturated carbocycles. The van der Waals surface area contributed by atoms with E-state index in [0.717, 1.165) is 11.3 Å². The molecule has 5 heteroatoms. The van der Waals surface area contributed by atoms with Crippen molar-refractivity contribution in [1.82, 2.24) is 4.98 Å². The van der Waals surface area contributed by atoms with Crippen LogP contribution in [0.25, 0.3) is 0 Å². The van der Waals surface area contributed by atoms with E-state index in [-0.39, 0.29) is 0 Å². The van der Waals surface area contributed by atoms with Gasteiger partial charge in [0.1, 0.15) is 11.4 Å². The number of halogens is 1. The molecule has 2 rings (SSSR count). The lowest BCUT2D eigenvalue weighted by molar-refractivity contribution is 0.0601. The Labute approximate surface area is 116 Å². The molecule has 2 aromatic rings. The van der Waals surface area contributed by atoms with Gasteiger partial charge in [0.15, 0.2) is 0 Å². The fraction of sp³-hybridized carbons (Fsp3) is 0.143. The maximum absolute atomic E-state index is 11.6. The van der Waals surface area contributed by atoms with Gasteiger partial charge in [-0.3, -0.25) is 0 Å². The van der Waals surface area contributed by atoms with Crippen molar-refractivity contribution in [2.24, 2.45) is 0 Å². The van der Waals surface area contributed by atoms with E-state index in [1.54, 1.807) is 18.3 Å². The minimum atomic E-state index is -0.435. The Hall–Kier alpha value is -2.07. The van der Waals surface area contributed by atoms with Crippen molar-refractivity contribution in [2.75, 3.05) is 12.4 Å². The van der Waals surface area contributed by atoms with Crippen LogP contribution >= 0.6 is 11.6 Å². The van der Waals surface area contributed by atoms with Gasteiger partial charge < -0.3 is 10.1 Å². The molecule has 0 fully saturated rings. The standard InChI is InChI=1S/C14H13ClN2O2/c1-9-11(15)6-3-7-12(9)17-13-10(14(18)19-2)5-4-8-16-13/h3-8H,1-2H3,(H,16,17). The molecule has 0 radical (unpaired) electrons. The topological polar surface area (TPSA) is 51.2 Å². The highest BCUT2D eigenvalue weighted by molar-refractivity contribution is 6.31. The predicted molar refractivity (Wildman–Crippen MR) is 75.0 cm³/mol. The molecule has 0 aliphatic carbocycles. The second-order valence-electron chi connectivity index (χ2n) is 3.93. The van der Waals surface area contributed by atoms with Crippen LogP contribution in [0.1, 0.15) is 15.9 Å². The number of rotatable bonds is 3. The van der Waals surface area contributed by atoms with Crippen LogP contribution in [-0.2, 0) is 4.74 Å². The number of nitrogens with zero attached hydrogens (tertiary/aromatic N) is 1. The lowest BCUT2D eigenvalue weighted by Gasteiger charge is -2.12. The van der Waals surface area contributed by atoms with Crippen molar-refractivity contribution in [2.45, 2.75) is 6.92 Å². The number of carbonyl (C=O) groups is 1. The first-order valence-electron chi connectivity index (χ1n) is 5.69. The number of esters is 1. The summed E-state index contributed by atoms with van der Waals surface area (Å²) in [6.45, 7) is 1.89. The Morgan fingerprint density at radius 1 is 1.32 bits per heavy atom. The monoisotopic (exact) mass is 276 g/mol. The quantitative estimate of drug-likeness (QED) is 0.871. The summed E-state index contributed by atoms with van der Waals surface area (Å²) in [7, 11) is 1.34. The van der Waals surface area contributed by atoms with Crippen LogP contribution in [0, 0.1) is 6.92 Å². The van der Waals surface area contributed by atoms with E-state index in [4.69, 9.17) is 16.3 Å². The summed E-state index contributed by atoms with van der Waals surface area (Å²) in [4.78, 5) is 15.8. The zero-order chi connectivity index (χ0) is 13.8. The molecule has 0 aliphatic rings. The average Bonchev–Trinajstić information content (AvgIpc) is 2.43. The van der Waals surface area contributed by atoms with E-state index in [9.17, 15) is 4.79 Å². The van der Waals surface area contributed by atoms with Crippen molar-refractivity contribution < 1.29 is 9.53 Å². The van der Waals surface area contributed by atoms with Gasteiger partial charge in [0.25, 0.3) is 0 Å². The lowest BCUT2D eigenvalue weighted by Crippen LogP contribution is -2.07. The predicted octanol–water partition coefficient (Wildman–Crippen LogP) is 3.57. The first-order valence-corrected chi connectivity index (χ1v) is 6.06. The third-order valence-electron chi connectivity index (χ3n) is 2.73. The maximum Gasteiger partial charge on any atom is 0.341 e. The number of hydrogen-bond acceptors (Lipinski definition) is 4. The normalized spacial score (nSPS) is 10.1. The van der Waals surface area contributed by atoms with E-state index >= 15 is 0 Å². The third kappa shape index (κ3) is 2.85. The van der Waals surface area contributed by atoms with Crippen LogP contribution in [0.15, 0.2) is 36.5 Å². The summed E-state index contributed by atoms with van der Waals surface area (Å²) >= 11 is 6.06. The van der Waals surface area contributed by atoms with Crippen LogP contribution in [0.2, 0.25) is 5.02 Å². The van der Waals surface area contributed by atoms with Crippen LogP contribution in [0.3, 0.4) is 0 Å². The molecule has 98 valence electrons. The molecule has 1 heterocycles. The van der Waals surface area contributed by atoms with Gasteiger partial charge in [-0.05, 0) is 36.8 Å². The van der Waals surface area contributed by atoms with Crippen LogP contribution in [0.5, 0.6) is 0 Å². The van der Waals surface area contributed by atoms with Gasteiger partial charge in [-0.25, -0.2) is 9.78 Å². The number of nitrogens with one attached hydrogen (secondary N) is 1. The van der Waals surface area contributed by atoms with Crippen molar-refractivity contribution in [1.29, 1.82) is 0 Å². The molecule has 1 aromatic carbocycles. The first kappa shape index (κ1) is 13.4. The smallest absolute Gasteiger partial charge is 0.341 e. The van der Waals surface area contributed by atoms with Crippen LogP contribution in [0.4, 0.5) is 11.5 Å². The Kier molecular flexibility index (Phi) is 4.02. The Morgan fingerprint density at radius 2 is 2.11 bits per heavy atom. The van der Waals surface area contributed by atoms with Crippen molar-refractivity contribution >= 4 is 29.1 Å². The lowest BCUT2D eigenvalue weighted by atomic mass is 10.2. The number of ether oxygens (including phenoxy) is 1. The highest BCUT2D eigenvalue weighted by Crippen LogP contribution is 2.26. The molecule has 4 nitrogen and oxygen atoms in total. The number of methoxy groups -OCH3 is 1. The van der Waals surface area contributed by atoms with E-state index < -0.39 is 5.97 Å². The van der Waals surface area contributed by atoms with Gasteiger partial charge in [0, 0.05) is 16.9 Å². The molecular weight excluding hydrogens is 264 g/mol. The summed E-state index contributed by atoms with van der Waals surface area (Å²) in [5.74, 6) is 0.00926. The molecule has 1 aromatic heterocycles. The summed E-state index contributed by atoms with van der Waals surface area (Å²) in [6, 6.07) is 8.85. The number of pyridine rings is 1. The van der Waals surface area contributed by atoms with Crippen LogP contribution < -0.4 is 5.32 Å². The molecule has 0 amide bonds. The molecule has 1 N–H and O–H groups in total. The summed E-state index contributed by atoms with van der Waals surface area (Å²) < 4.78 is 4.72. The number of hydrogen-bond donors (Lipinski definition) is 1. The Bertz CT molecular complexity index is 614. The van der Waals surface area contributed by atoms with Gasteiger partial charge in [-0.15, -0.1) is 0 Å². The SMILES string of the molecule is COC(=O)c1cccnc1Nc1cccc(Cl)c1C. The molecule has 0 spiro atoms. The van der Waals surface area contributed by atoms with Crippen molar-refractivity contribution in [3.05, 3.63) is 52.7 Å². The van der Waals surface area contributed by atoms with Gasteiger partial charge in [0.2, 0.25) is 0 Å². The summed E-state index contributed by atoms with van der Waals surface area (Å²) in [5.41, 5.74) is 2.08. The summed E-state index contributed by atoms with van der Waals surface area (Å²) in [5, 5.41) is 3.75. The molecular formula is C14H13ClN2O2. The first-order chi connectivity index (χ1) is 9.13. The molecule has 19 heavy (non-hydrogen) atoms. The average molecular weight is 277 g/mol. The van der Waals surface area contributed by atoms with Gasteiger partial charge in [0.05, 0.1) is 7.11 Å². The zero-order valence-corrected chi connectivity index (χ0v) is 11.4. The number of aromatic nitrogens is 1. The van der Waals surface area contributed by atoms with E-state index in [1.807, 2.05) is 25.1 Å². The highest BCUT2D eigenvalue weighted by atomic mass is 35.5. The molecule has 0 unspecified atom stereocenters. The molecule has 0 aliphatic heterocycles. The molecule has 0 saturated heterocycles. The number of anilines is 2. The maximum atomic E-state index is 11.6. The Balaban J connectivity index is 2.39. The van der Waals surface area contributed by atoms with E-state index in [1.165, 1.54) is 7.11 Å². The van der Waals surface area contributed by atoms with Crippen LogP contribution in [-0.4, -0.2) is 18.1 Å². The molecule has 0 bridgehead atoms. The Morgan fingerprint density at radius 3 is 2.84 bits per heavy atom. The minimum absolute atomic E-state index is 0.379. The van der Waals surface area contributed by atoms with Crippen molar-refractivity contribution in [3.8, 4) is 0 Å². The van der Waals surface area contributed by atoms with Gasteiger partial charge >= 0.3 is 5.97 Å². The summed E-state index contributed by atoms with van der Waals surface area (Å²) in [6.07, 6.45) is 1.61. The fourth-order valence-corrected chi connectivity index (χ4v) is 1.82. The van der Waals surface area contributed by atoms with Crippen molar-refractivity contribution in [3.63, 3.8) is 0 Å². The zero-order valence-electron chi connectivity index (χ0n) is 10.6. The fourth-order valence-electron chi connectivity index (χ4n) is 1.65. The number of benzene rings is 1. The largest absolute Gasteiger partial charge is 0.465 e. The highest BCUT2D eigenvalue weighted by Gasteiger charge is 2.13. The van der Waals surface area contributed by atoms with Gasteiger partial charge in [-0.1, -0.05) is 17.7 Å². The second kappa shape index (κ2) is 5.71. The molecule has 0 atom stereocenters. The van der Waals surface area contributed by atoms with E-state index in [2.05, 4.69) is 10.3 Å². The van der Waals surface area contributed by atoms with Gasteiger partial charge in [-0.2, -0.15) is 0 Å².